The smallest absolute Gasteiger partial charge is 0.323 e. The second-order valence-corrected chi connectivity index (χ2v) is 4.14. The molecule has 1 atom stereocenters. The van der Waals surface area contributed by atoms with Crippen molar-refractivity contribution in [3.8, 4) is 0 Å². The molecule has 1 unspecified atom stereocenters. The van der Waals surface area contributed by atoms with E-state index >= 15 is 0 Å². The number of allylic oxidation sites excluding steroid dienone is 1. The molecule has 0 aromatic carbocycles. The Labute approximate surface area is 96.4 Å². The Morgan fingerprint density at radius 2 is 2.27 bits per heavy atom. The molecular weight excluding hydrogens is 210 g/mol. The highest BCUT2D eigenvalue weighted by atomic mass is 32.2. The molecule has 0 saturated heterocycles. The van der Waals surface area contributed by atoms with Crippen LogP contribution in [0.5, 0.6) is 0 Å². The van der Waals surface area contributed by atoms with Crippen molar-refractivity contribution >= 4 is 17.7 Å². The van der Waals surface area contributed by atoms with Crippen molar-refractivity contribution in [1.29, 1.82) is 0 Å². The third-order valence-electron chi connectivity index (χ3n) is 1.78. The number of ether oxygens (including phenoxy) is 1. The number of nitrogens with two attached hydrogens (primary N) is 1. The molecule has 2 N–H and O–H groups in total. The van der Waals surface area contributed by atoms with E-state index in [2.05, 4.69) is 13.0 Å². The van der Waals surface area contributed by atoms with Crippen LogP contribution in [0.1, 0.15) is 33.1 Å². The molecule has 0 radical (unpaired) electrons. The van der Waals surface area contributed by atoms with Gasteiger partial charge in [0.05, 0.1) is 6.61 Å². The van der Waals surface area contributed by atoms with Crippen molar-refractivity contribution in [3.05, 3.63) is 11.5 Å². The first kappa shape index (κ1) is 14.5. The lowest BCUT2D eigenvalue weighted by molar-refractivity contribution is -0.144. The largest absolute Gasteiger partial charge is 0.465 e. The fourth-order valence-electron chi connectivity index (χ4n) is 0.935. The van der Waals surface area contributed by atoms with Crippen LogP contribution in [0.3, 0.4) is 0 Å². The maximum absolute atomic E-state index is 11.1. The van der Waals surface area contributed by atoms with Gasteiger partial charge in [-0.25, -0.2) is 0 Å². The van der Waals surface area contributed by atoms with Gasteiger partial charge in [-0.3, -0.25) is 4.79 Å². The van der Waals surface area contributed by atoms with Crippen LogP contribution in [0.25, 0.3) is 0 Å². The minimum Gasteiger partial charge on any atom is -0.465 e. The van der Waals surface area contributed by atoms with Crippen molar-refractivity contribution in [2.45, 2.75) is 39.2 Å². The van der Waals surface area contributed by atoms with Gasteiger partial charge in [0.2, 0.25) is 0 Å². The standard InChI is InChI=1S/C11H21NO2S/c1-3-5-6-7-8-15-9-10(12)11(13)14-4-2/h7-8,10H,3-6,9,12H2,1-2H3. The maximum Gasteiger partial charge on any atom is 0.323 e. The Morgan fingerprint density at radius 3 is 2.87 bits per heavy atom. The second kappa shape index (κ2) is 10.1. The second-order valence-electron chi connectivity index (χ2n) is 3.21. The molecule has 3 nitrogen and oxygen atoms in total. The quantitative estimate of drug-likeness (QED) is 0.514. The monoisotopic (exact) mass is 231 g/mol. The van der Waals surface area contributed by atoms with Crippen molar-refractivity contribution in [3.63, 3.8) is 0 Å². The number of unbranched alkanes of at least 4 members (excludes halogenated alkanes) is 2. The van der Waals surface area contributed by atoms with Crippen LogP contribution in [-0.4, -0.2) is 24.4 Å². The van der Waals surface area contributed by atoms with E-state index in [1.165, 1.54) is 12.8 Å². The van der Waals surface area contributed by atoms with Gasteiger partial charge in [-0.15, -0.1) is 11.8 Å². The molecule has 4 heteroatoms. The molecule has 88 valence electrons. The van der Waals surface area contributed by atoms with Crippen LogP contribution >= 0.6 is 11.8 Å². The predicted octanol–water partition coefficient (Wildman–Crippen LogP) is 2.31. The highest BCUT2D eigenvalue weighted by Crippen LogP contribution is 2.06. The third-order valence-corrected chi connectivity index (χ3v) is 2.72. The van der Waals surface area contributed by atoms with Gasteiger partial charge in [-0.05, 0) is 18.8 Å². The van der Waals surface area contributed by atoms with Crippen LogP contribution in [-0.2, 0) is 9.53 Å². The summed E-state index contributed by atoms with van der Waals surface area (Å²) in [5.41, 5.74) is 5.61. The SMILES string of the molecule is CCCCC=CSCC(N)C(=O)OCC. The molecular formula is C11H21NO2S. The van der Waals surface area contributed by atoms with Gasteiger partial charge in [-0.1, -0.05) is 25.8 Å². The van der Waals surface area contributed by atoms with Crippen LogP contribution in [0.2, 0.25) is 0 Å². The molecule has 0 amide bonds. The Kier molecular flexibility index (Phi) is 9.73. The lowest BCUT2D eigenvalue weighted by atomic mass is 10.2. The maximum atomic E-state index is 11.1. The number of esters is 1. The van der Waals surface area contributed by atoms with Crippen molar-refractivity contribution < 1.29 is 9.53 Å². The molecule has 0 rings (SSSR count). The number of carbonyl (C=O) groups excluding carboxylic acids is 1. The summed E-state index contributed by atoms with van der Waals surface area (Å²) >= 11 is 1.56. The van der Waals surface area contributed by atoms with E-state index in [4.69, 9.17) is 10.5 Å². The fraction of sp³-hybridized carbons (Fsp3) is 0.727. The van der Waals surface area contributed by atoms with Crippen molar-refractivity contribution in [1.82, 2.24) is 0 Å². The van der Waals surface area contributed by atoms with Gasteiger partial charge in [-0.2, -0.15) is 0 Å². The van der Waals surface area contributed by atoms with Crippen LogP contribution in [0.4, 0.5) is 0 Å². The van der Waals surface area contributed by atoms with E-state index in [9.17, 15) is 4.79 Å². The van der Waals surface area contributed by atoms with E-state index in [1.54, 1.807) is 18.7 Å². The summed E-state index contributed by atoms with van der Waals surface area (Å²) < 4.78 is 4.80. The van der Waals surface area contributed by atoms with Gasteiger partial charge >= 0.3 is 5.97 Å². The first-order valence-corrected chi connectivity index (χ1v) is 6.46. The molecule has 0 aliphatic rings. The van der Waals surface area contributed by atoms with Gasteiger partial charge in [0.15, 0.2) is 0 Å². The first-order valence-electron chi connectivity index (χ1n) is 5.41. The lowest BCUT2D eigenvalue weighted by Crippen LogP contribution is -2.34. The molecule has 0 aliphatic carbocycles. The van der Waals surface area contributed by atoms with Crippen LogP contribution < -0.4 is 5.73 Å². The van der Waals surface area contributed by atoms with Gasteiger partial charge in [0.25, 0.3) is 0 Å². The van der Waals surface area contributed by atoms with E-state index in [0.717, 1.165) is 6.42 Å². The molecule has 15 heavy (non-hydrogen) atoms. The summed E-state index contributed by atoms with van der Waals surface area (Å²) in [6.07, 6.45) is 5.63. The van der Waals surface area contributed by atoms with Crippen molar-refractivity contribution in [2.75, 3.05) is 12.4 Å². The Bertz CT molecular complexity index is 195. The van der Waals surface area contributed by atoms with Gasteiger partial charge in [0.1, 0.15) is 6.04 Å². The minimum absolute atomic E-state index is 0.313. The molecule has 0 bridgehead atoms. The van der Waals surface area contributed by atoms with E-state index < -0.39 is 6.04 Å². The summed E-state index contributed by atoms with van der Waals surface area (Å²) in [6.45, 7) is 4.34. The molecule has 0 saturated carbocycles. The highest BCUT2D eigenvalue weighted by molar-refractivity contribution is 8.02. The number of thioether (sulfide) groups is 1. The predicted molar refractivity (Wildman–Crippen MR) is 65.7 cm³/mol. The number of hydrogen-bond acceptors (Lipinski definition) is 4. The summed E-state index contributed by atoms with van der Waals surface area (Å²) in [6, 6.07) is -0.509. The van der Waals surface area contributed by atoms with Crippen LogP contribution in [0, 0.1) is 0 Å². The van der Waals surface area contributed by atoms with E-state index in [-0.39, 0.29) is 5.97 Å². The average Bonchev–Trinajstić information content (AvgIpc) is 2.23. The molecule has 0 aromatic rings. The minimum atomic E-state index is -0.509. The number of hydrogen-bond donors (Lipinski definition) is 1. The lowest BCUT2D eigenvalue weighted by Gasteiger charge is -2.07. The average molecular weight is 231 g/mol. The molecule has 0 heterocycles. The zero-order chi connectivity index (χ0) is 11.5. The zero-order valence-corrected chi connectivity index (χ0v) is 10.4. The molecule has 0 spiro atoms. The summed E-state index contributed by atoms with van der Waals surface area (Å²) in [5.74, 6) is 0.272. The third kappa shape index (κ3) is 8.51. The Balaban J connectivity index is 3.49. The topological polar surface area (TPSA) is 52.3 Å². The van der Waals surface area contributed by atoms with Gasteiger partial charge < -0.3 is 10.5 Å². The molecule has 0 fully saturated rings. The van der Waals surface area contributed by atoms with E-state index in [0.29, 0.717) is 12.4 Å². The fourth-order valence-corrected chi connectivity index (χ4v) is 1.66. The van der Waals surface area contributed by atoms with Crippen molar-refractivity contribution in [2.24, 2.45) is 5.73 Å². The summed E-state index contributed by atoms with van der Waals surface area (Å²) in [5, 5.41) is 2.01. The molecule has 0 aromatic heterocycles. The van der Waals surface area contributed by atoms with Crippen LogP contribution in [0.15, 0.2) is 11.5 Å². The summed E-state index contributed by atoms with van der Waals surface area (Å²) in [4.78, 5) is 11.1. The zero-order valence-electron chi connectivity index (χ0n) is 9.57. The Morgan fingerprint density at radius 1 is 1.53 bits per heavy atom. The van der Waals surface area contributed by atoms with E-state index in [1.807, 2.05) is 5.41 Å². The normalized spacial score (nSPS) is 13.0. The molecule has 0 aliphatic heterocycles. The summed E-state index contributed by atoms with van der Waals surface area (Å²) in [7, 11) is 0. The highest BCUT2D eigenvalue weighted by Gasteiger charge is 2.12. The number of rotatable bonds is 8. The van der Waals surface area contributed by atoms with Gasteiger partial charge in [0, 0.05) is 5.75 Å². The first-order chi connectivity index (χ1) is 7.22. The Hall–Kier alpha value is -0.480. The number of carbonyl (C=O) groups is 1.